The molecule has 2 N–H and O–H groups in total. The molecule has 10 nitrogen and oxygen atoms in total. The van der Waals surface area contributed by atoms with Crippen molar-refractivity contribution >= 4 is 30.1 Å². The molecule has 4 aromatic carbocycles. The first-order valence-electron chi connectivity index (χ1n) is 13.5. The van der Waals surface area contributed by atoms with Crippen molar-refractivity contribution in [2.75, 3.05) is 13.4 Å². The average Bonchev–Trinajstić information content (AvgIpc) is 3.51. The molecule has 0 spiro atoms. The fourth-order valence-corrected chi connectivity index (χ4v) is 4.04. The van der Waals surface area contributed by atoms with Gasteiger partial charge in [-0.3, -0.25) is 9.59 Å². The first kappa shape index (κ1) is 29.5. The van der Waals surface area contributed by atoms with Gasteiger partial charge in [0.25, 0.3) is 11.8 Å². The van der Waals surface area contributed by atoms with Crippen LogP contribution >= 0.6 is 0 Å². The molecule has 1 aliphatic heterocycles. The van der Waals surface area contributed by atoms with E-state index in [4.69, 9.17) is 18.9 Å². The lowest BCUT2D eigenvalue weighted by atomic mass is 10.1. The summed E-state index contributed by atoms with van der Waals surface area (Å²) in [5.41, 5.74) is 4.00. The summed E-state index contributed by atoms with van der Waals surface area (Å²) in [5.74, 6) is -0.810. The number of ether oxygens (including phenoxy) is 4. The standard InChI is InChI=1S/C33H26FN3O7/c1-2-41-30-18-22(9-15-28(30)44-33(40)24-10-12-25(34)13-11-24)19-35-37-32(39)26(36-31(38)23-6-4-3-5-7-23)16-21-8-14-27-29(17-21)43-20-42-27/h3-19H,2,20H2,1H3,(H,36,38)(H,37,39). The summed E-state index contributed by atoms with van der Waals surface area (Å²) in [6.07, 6.45) is 2.86. The van der Waals surface area contributed by atoms with E-state index < -0.39 is 23.6 Å². The number of carbonyl (C=O) groups excluding carboxylic acids is 3. The molecular weight excluding hydrogens is 569 g/mol. The minimum atomic E-state index is -0.682. The van der Waals surface area contributed by atoms with Crippen molar-refractivity contribution in [1.29, 1.82) is 0 Å². The molecule has 0 aromatic heterocycles. The quantitative estimate of drug-likeness (QED) is 0.0860. The lowest BCUT2D eigenvalue weighted by Gasteiger charge is -2.11. The second-order valence-corrected chi connectivity index (χ2v) is 9.23. The van der Waals surface area contributed by atoms with Crippen LogP contribution in [-0.4, -0.2) is 37.4 Å². The van der Waals surface area contributed by atoms with Crippen LogP contribution in [0.25, 0.3) is 6.08 Å². The Balaban J connectivity index is 1.31. The van der Waals surface area contributed by atoms with Gasteiger partial charge in [0.15, 0.2) is 23.0 Å². The van der Waals surface area contributed by atoms with E-state index in [0.717, 1.165) is 12.1 Å². The Kier molecular flexibility index (Phi) is 9.26. The van der Waals surface area contributed by atoms with E-state index in [-0.39, 0.29) is 36.2 Å². The molecule has 2 amide bonds. The summed E-state index contributed by atoms with van der Waals surface area (Å²) in [6, 6.07) is 23.2. The first-order valence-corrected chi connectivity index (χ1v) is 13.5. The summed E-state index contributed by atoms with van der Waals surface area (Å²) < 4.78 is 35.0. The number of hydrogen-bond acceptors (Lipinski definition) is 8. The van der Waals surface area contributed by atoms with Gasteiger partial charge in [0.2, 0.25) is 6.79 Å². The zero-order valence-electron chi connectivity index (χ0n) is 23.4. The number of fused-ring (bicyclic) bond motifs is 1. The predicted molar refractivity (Wildman–Crippen MR) is 159 cm³/mol. The number of nitrogens with one attached hydrogen (secondary N) is 2. The third-order valence-electron chi connectivity index (χ3n) is 6.17. The summed E-state index contributed by atoms with van der Waals surface area (Å²) in [5, 5.41) is 6.67. The van der Waals surface area contributed by atoms with Gasteiger partial charge >= 0.3 is 5.97 Å². The van der Waals surface area contributed by atoms with Crippen LogP contribution in [0.15, 0.2) is 102 Å². The summed E-state index contributed by atoms with van der Waals surface area (Å²) in [4.78, 5) is 38.5. The van der Waals surface area contributed by atoms with Crippen molar-refractivity contribution in [3.63, 3.8) is 0 Å². The number of hydrogen-bond donors (Lipinski definition) is 2. The molecule has 0 radical (unpaired) electrons. The van der Waals surface area contributed by atoms with Crippen LogP contribution in [0.5, 0.6) is 23.0 Å². The molecule has 222 valence electrons. The van der Waals surface area contributed by atoms with Gasteiger partial charge in [0.05, 0.1) is 18.4 Å². The Bertz CT molecular complexity index is 1740. The van der Waals surface area contributed by atoms with Crippen LogP contribution in [0.1, 0.15) is 38.8 Å². The Hall–Kier alpha value is -5.97. The van der Waals surface area contributed by atoms with Crippen molar-refractivity contribution in [1.82, 2.24) is 10.7 Å². The number of nitrogens with zero attached hydrogens (tertiary/aromatic N) is 1. The Morgan fingerprint density at radius 2 is 1.61 bits per heavy atom. The van der Waals surface area contributed by atoms with E-state index in [0.29, 0.717) is 28.2 Å². The number of hydrazone groups is 1. The van der Waals surface area contributed by atoms with Gasteiger partial charge < -0.3 is 24.3 Å². The van der Waals surface area contributed by atoms with Gasteiger partial charge in [-0.2, -0.15) is 5.10 Å². The fraction of sp³-hybridized carbons (Fsp3) is 0.0909. The molecule has 4 aromatic rings. The maximum atomic E-state index is 13.2. The zero-order valence-corrected chi connectivity index (χ0v) is 23.4. The van der Waals surface area contributed by atoms with E-state index in [1.165, 1.54) is 30.5 Å². The molecule has 0 fully saturated rings. The maximum absolute atomic E-state index is 13.2. The molecule has 1 aliphatic rings. The number of halogens is 1. The number of esters is 1. The van der Waals surface area contributed by atoms with Crippen molar-refractivity contribution in [2.24, 2.45) is 5.10 Å². The summed E-state index contributed by atoms with van der Waals surface area (Å²) >= 11 is 0. The monoisotopic (exact) mass is 595 g/mol. The normalized spacial score (nSPS) is 12.1. The number of benzene rings is 4. The minimum Gasteiger partial charge on any atom is -0.490 e. The Morgan fingerprint density at radius 3 is 2.39 bits per heavy atom. The minimum absolute atomic E-state index is 0.0621. The van der Waals surface area contributed by atoms with Crippen LogP contribution < -0.4 is 29.7 Å². The summed E-state index contributed by atoms with van der Waals surface area (Å²) in [6.45, 7) is 2.15. The zero-order chi connectivity index (χ0) is 30.9. The molecule has 0 bridgehead atoms. The van der Waals surface area contributed by atoms with Crippen LogP contribution in [0.4, 0.5) is 4.39 Å². The predicted octanol–water partition coefficient (Wildman–Crippen LogP) is 5.09. The molecule has 0 atom stereocenters. The molecule has 0 saturated heterocycles. The highest BCUT2D eigenvalue weighted by molar-refractivity contribution is 6.05. The van der Waals surface area contributed by atoms with Crippen molar-refractivity contribution in [2.45, 2.75) is 6.92 Å². The Morgan fingerprint density at radius 1 is 0.864 bits per heavy atom. The second kappa shape index (κ2) is 13.8. The van der Waals surface area contributed by atoms with E-state index in [1.807, 2.05) is 0 Å². The molecule has 0 saturated carbocycles. The molecule has 1 heterocycles. The van der Waals surface area contributed by atoms with E-state index in [9.17, 15) is 18.8 Å². The lowest BCUT2D eigenvalue weighted by molar-refractivity contribution is -0.117. The highest BCUT2D eigenvalue weighted by atomic mass is 19.1. The number of amides is 2. The molecule has 5 rings (SSSR count). The smallest absolute Gasteiger partial charge is 0.343 e. The van der Waals surface area contributed by atoms with Gasteiger partial charge in [0, 0.05) is 5.56 Å². The summed E-state index contributed by atoms with van der Waals surface area (Å²) in [7, 11) is 0. The third kappa shape index (κ3) is 7.45. The number of carbonyl (C=O) groups is 3. The van der Waals surface area contributed by atoms with E-state index in [2.05, 4.69) is 15.8 Å². The van der Waals surface area contributed by atoms with Gasteiger partial charge in [-0.05, 0) is 90.9 Å². The van der Waals surface area contributed by atoms with Crippen LogP contribution in [0.3, 0.4) is 0 Å². The van der Waals surface area contributed by atoms with Gasteiger partial charge in [-0.25, -0.2) is 14.6 Å². The van der Waals surface area contributed by atoms with Crippen LogP contribution in [0.2, 0.25) is 0 Å². The van der Waals surface area contributed by atoms with E-state index >= 15 is 0 Å². The highest BCUT2D eigenvalue weighted by Crippen LogP contribution is 2.33. The molecule has 44 heavy (non-hydrogen) atoms. The maximum Gasteiger partial charge on any atom is 0.343 e. The highest BCUT2D eigenvalue weighted by Gasteiger charge is 2.17. The Labute approximate surface area is 251 Å². The molecular formula is C33H26FN3O7. The largest absolute Gasteiger partial charge is 0.490 e. The second-order valence-electron chi connectivity index (χ2n) is 9.23. The fourth-order valence-electron chi connectivity index (χ4n) is 4.04. The third-order valence-corrected chi connectivity index (χ3v) is 6.17. The average molecular weight is 596 g/mol. The van der Waals surface area contributed by atoms with Crippen molar-refractivity contribution in [3.8, 4) is 23.0 Å². The van der Waals surface area contributed by atoms with Gasteiger partial charge in [-0.15, -0.1) is 0 Å². The van der Waals surface area contributed by atoms with Gasteiger partial charge in [-0.1, -0.05) is 24.3 Å². The molecule has 11 heteroatoms. The molecule has 0 unspecified atom stereocenters. The van der Waals surface area contributed by atoms with Crippen LogP contribution in [0, 0.1) is 5.82 Å². The first-order chi connectivity index (χ1) is 21.4. The van der Waals surface area contributed by atoms with Crippen LogP contribution in [-0.2, 0) is 4.79 Å². The van der Waals surface area contributed by atoms with Gasteiger partial charge in [0.1, 0.15) is 11.5 Å². The SMILES string of the molecule is CCOc1cc(C=NNC(=O)C(=Cc2ccc3c(c2)OCO3)NC(=O)c2ccccc2)ccc1OC(=O)c1ccc(F)cc1. The topological polar surface area (TPSA) is 125 Å². The lowest BCUT2D eigenvalue weighted by Crippen LogP contribution is -2.32. The molecule has 0 aliphatic carbocycles. The van der Waals surface area contributed by atoms with Crippen molar-refractivity contribution < 1.29 is 37.7 Å². The van der Waals surface area contributed by atoms with E-state index in [1.54, 1.807) is 67.6 Å². The van der Waals surface area contributed by atoms with Crippen molar-refractivity contribution in [3.05, 3.63) is 125 Å². The number of rotatable bonds is 10.